The number of carbonyl (C=O) groups excluding carboxylic acids is 2. The second kappa shape index (κ2) is 10.0. The fourth-order valence-electron chi connectivity index (χ4n) is 6.42. The molecule has 4 heterocycles. The lowest BCUT2D eigenvalue weighted by molar-refractivity contribution is -0.938. The molecule has 4 aliphatic rings. The highest BCUT2D eigenvalue weighted by atomic mass is 35.5. The lowest BCUT2D eigenvalue weighted by Crippen LogP contribution is -2.66. The Balaban J connectivity index is 1.34. The zero-order valence-electron chi connectivity index (χ0n) is 20.6. The van der Waals surface area contributed by atoms with Crippen molar-refractivity contribution < 1.29 is 18.8 Å². The van der Waals surface area contributed by atoms with E-state index in [1.54, 1.807) is 12.1 Å². The van der Waals surface area contributed by atoms with Crippen LogP contribution in [0.1, 0.15) is 54.9 Å². The molecule has 4 saturated heterocycles. The molecule has 0 radical (unpaired) electrons. The maximum atomic E-state index is 13.9. The molecule has 186 valence electrons. The van der Waals surface area contributed by atoms with Gasteiger partial charge in [-0.2, -0.15) is 0 Å². The largest absolute Gasteiger partial charge is 0.454 e. The second-order valence-corrected chi connectivity index (χ2v) is 11.3. The molecule has 0 saturated carbocycles. The number of quaternary nitrogens is 1. The first-order chi connectivity index (χ1) is 16.9. The van der Waals surface area contributed by atoms with Gasteiger partial charge >= 0.3 is 5.97 Å². The molecule has 2 atom stereocenters. The second-order valence-electron chi connectivity index (χ2n) is 10.8. The summed E-state index contributed by atoms with van der Waals surface area (Å²) in [6.45, 7) is 6.92. The Hall–Kier alpha value is -2.21. The zero-order chi connectivity index (χ0) is 24.5. The molecule has 0 N–H and O–H groups in total. The Kier molecular flexibility index (Phi) is 7.02. The van der Waals surface area contributed by atoms with Gasteiger partial charge in [0.25, 0.3) is 0 Å². The number of hydrogen-bond donors (Lipinski definition) is 0. The summed E-state index contributed by atoms with van der Waals surface area (Å²) >= 11 is 6.13. The van der Waals surface area contributed by atoms with Crippen molar-refractivity contribution in [3.63, 3.8) is 0 Å². The molecule has 2 bridgehead atoms. The van der Waals surface area contributed by atoms with Crippen molar-refractivity contribution in [3.05, 3.63) is 70.7 Å². The maximum absolute atomic E-state index is 13.9. The van der Waals surface area contributed by atoms with Crippen LogP contribution < -0.4 is 0 Å². The summed E-state index contributed by atoms with van der Waals surface area (Å²) in [6, 6.07) is 17.3. The Labute approximate surface area is 213 Å². The average molecular weight is 496 g/mol. The van der Waals surface area contributed by atoms with Crippen LogP contribution in [-0.2, 0) is 15.1 Å². The summed E-state index contributed by atoms with van der Waals surface area (Å²) in [5, 5.41) is 0.581. The van der Waals surface area contributed by atoms with Crippen LogP contribution in [0.25, 0.3) is 0 Å². The molecule has 4 aliphatic heterocycles. The molecule has 0 spiro atoms. The van der Waals surface area contributed by atoms with Gasteiger partial charge in [-0.3, -0.25) is 9.69 Å². The summed E-state index contributed by atoms with van der Waals surface area (Å²) in [5.74, 6) is 0.339. The van der Waals surface area contributed by atoms with Crippen molar-refractivity contribution in [1.82, 2.24) is 4.90 Å². The molecular formula is C29H36ClN2O3+. The van der Waals surface area contributed by atoms with Crippen molar-refractivity contribution in [1.29, 1.82) is 0 Å². The van der Waals surface area contributed by atoms with E-state index in [4.69, 9.17) is 16.3 Å². The zero-order valence-corrected chi connectivity index (χ0v) is 21.4. The molecule has 6 heteroatoms. The number of benzene rings is 2. The van der Waals surface area contributed by atoms with Crippen LogP contribution in [-0.4, -0.2) is 66.5 Å². The minimum atomic E-state index is -0.796. The molecule has 0 aliphatic carbocycles. The van der Waals surface area contributed by atoms with E-state index in [-0.39, 0.29) is 17.9 Å². The summed E-state index contributed by atoms with van der Waals surface area (Å²) < 4.78 is 7.10. The van der Waals surface area contributed by atoms with Crippen LogP contribution in [0.4, 0.5) is 0 Å². The summed E-state index contributed by atoms with van der Waals surface area (Å²) in [4.78, 5) is 29.4. The minimum Gasteiger partial charge on any atom is -0.454 e. The van der Waals surface area contributed by atoms with Gasteiger partial charge in [0.15, 0.2) is 6.10 Å². The first-order valence-corrected chi connectivity index (χ1v) is 13.4. The van der Waals surface area contributed by atoms with E-state index in [9.17, 15) is 9.59 Å². The number of Topliss-reactive ketones (excluding diaryl/α,β-unsaturated/α-hetero) is 1. The van der Waals surface area contributed by atoms with Crippen molar-refractivity contribution in [2.75, 3.05) is 39.3 Å². The SMILES string of the molecule is C[C@@](C(=O)O[C@@H]1C[N+]2(CC(=O)c3cccc(Cl)c3)CCC1CC2)(c1ccccc1)N1CCCCC1. The lowest BCUT2D eigenvalue weighted by atomic mass is 9.82. The Morgan fingerprint density at radius 1 is 1.03 bits per heavy atom. The van der Waals surface area contributed by atoms with Crippen molar-refractivity contribution >= 4 is 23.4 Å². The third kappa shape index (κ3) is 4.91. The van der Waals surface area contributed by atoms with Gasteiger partial charge in [-0.1, -0.05) is 60.5 Å². The Morgan fingerprint density at radius 3 is 2.43 bits per heavy atom. The number of likely N-dealkylation sites (tertiary alicyclic amines) is 1. The van der Waals surface area contributed by atoms with Crippen LogP contribution in [0.2, 0.25) is 5.02 Å². The third-order valence-corrected chi connectivity index (χ3v) is 8.88. The van der Waals surface area contributed by atoms with Gasteiger partial charge in [-0.05, 0) is 50.6 Å². The summed E-state index contributed by atoms with van der Waals surface area (Å²) in [7, 11) is 0. The number of rotatable bonds is 7. The number of esters is 1. The highest BCUT2D eigenvalue weighted by Gasteiger charge is 2.51. The van der Waals surface area contributed by atoms with Crippen molar-refractivity contribution in [3.8, 4) is 0 Å². The van der Waals surface area contributed by atoms with Crippen LogP contribution in [0.15, 0.2) is 54.6 Å². The van der Waals surface area contributed by atoms with E-state index in [2.05, 4.69) is 4.90 Å². The number of fused-ring (bicyclic) bond motifs is 3. The molecule has 0 unspecified atom stereocenters. The number of nitrogens with zero attached hydrogens (tertiary/aromatic N) is 2. The first kappa shape index (κ1) is 24.5. The van der Waals surface area contributed by atoms with E-state index in [0.717, 1.165) is 57.4 Å². The molecule has 2 aromatic rings. The number of ether oxygens (including phenoxy) is 1. The quantitative estimate of drug-likeness (QED) is 0.305. The molecule has 6 rings (SSSR count). The van der Waals surface area contributed by atoms with Gasteiger partial charge in [-0.25, -0.2) is 4.79 Å². The number of piperidine rings is 4. The van der Waals surface area contributed by atoms with Crippen molar-refractivity contribution in [2.24, 2.45) is 5.92 Å². The highest BCUT2D eigenvalue weighted by Crippen LogP contribution is 2.39. The number of hydrogen-bond acceptors (Lipinski definition) is 4. The number of carbonyl (C=O) groups is 2. The van der Waals surface area contributed by atoms with E-state index in [0.29, 0.717) is 34.1 Å². The normalized spacial score (nSPS) is 28.3. The predicted octanol–water partition coefficient (Wildman–Crippen LogP) is 5.08. The maximum Gasteiger partial charge on any atom is 0.331 e. The molecule has 4 fully saturated rings. The molecule has 0 aromatic heterocycles. The standard InChI is InChI=1S/C29H36ClN2O3/c1-29(24-10-4-2-5-11-24,31-15-6-3-7-16-31)28(34)35-27-21-32(17-13-22(27)14-18-32)20-26(33)23-9-8-12-25(30)19-23/h2,4-5,8-12,19,22,27H,3,6-7,13-18,20-21H2,1H3/q+1/t22?,27-,29+,32?/m1/s1. The fraction of sp³-hybridized carbons (Fsp3) is 0.517. The van der Waals surface area contributed by atoms with Gasteiger partial charge in [0.1, 0.15) is 18.6 Å². The monoisotopic (exact) mass is 495 g/mol. The van der Waals surface area contributed by atoms with E-state index in [1.165, 1.54) is 6.42 Å². The third-order valence-electron chi connectivity index (χ3n) is 8.65. The van der Waals surface area contributed by atoms with Gasteiger partial charge in [0.2, 0.25) is 5.78 Å². The van der Waals surface area contributed by atoms with Gasteiger partial charge in [-0.15, -0.1) is 0 Å². The van der Waals surface area contributed by atoms with Crippen LogP contribution in [0.3, 0.4) is 0 Å². The lowest BCUT2D eigenvalue weighted by Gasteiger charge is -2.52. The Morgan fingerprint density at radius 2 is 1.74 bits per heavy atom. The molecule has 0 amide bonds. The van der Waals surface area contributed by atoms with Crippen LogP contribution in [0.5, 0.6) is 0 Å². The summed E-state index contributed by atoms with van der Waals surface area (Å²) in [5.41, 5.74) is 0.857. The molecule has 2 aromatic carbocycles. The van der Waals surface area contributed by atoms with E-state index < -0.39 is 5.54 Å². The van der Waals surface area contributed by atoms with Crippen LogP contribution >= 0.6 is 11.6 Å². The number of ketones is 1. The average Bonchev–Trinajstić information content (AvgIpc) is 2.89. The van der Waals surface area contributed by atoms with E-state index >= 15 is 0 Å². The van der Waals surface area contributed by atoms with Gasteiger partial charge in [0.05, 0.1) is 13.1 Å². The Bertz CT molecular complexity index is 1060. The van der Waals surface area contributed by atoms with Gasteiger partial charge < -0.3 is 9.22 Å². The highest BCUT2D eigenvalue weighted by molar-refractivity contribution is 6.31. The van der Waals surface area contributed by atoms with Crippen molar-refractivity contribution in [2.45, 2.75) is 50.7 Å². The van der Waals surface area contributed by atoms with Gasteiger partial charge in [0, 0.05) is 29.3 Å². The molecular weight excluding hydrogens is 460 g/mol. The molecule has 5 nitrogen and oxygen atoms in total. The predicted molar refractivity (Wildman–Crippen MR) is 137 cm³/mol. The molecule has 35 heavy (non-hydrogen) atoms. The smallest absolute Gasteiger partial charge is 0.331 e. The topological polar surface area (TPSA) is 46.6 Å². The summed E-state index contributed by atoms with van der Waals surface area (Å²) in [6.07, 6.45) is 5.26. The van der Waals surface area contributed by atoms with Crippen LogP contribution in [0, 0.1) is 5.92 Å². The first-order valence-electron chi connectivity index (χ1n) is 13.1. The number of halogens is 1. The minimum absolute atomic E-state index is 0.111. The fourth-order valence-corrected chi connectivity index (χ4v) is 6.61. The van der Waals surface area contributed by atoms with E-state index in [1.807, 2.05) is 49.4 Å².